The molecule has 1 rings (SSSR count). The van der Waals surface area contributed by atoms with Crippen LogP contribution in [-0.4, -0.2) is 49.6 Å². The van der Waals surface area contributed by atoms with E-state index >= 15 is 0 Å². The van der Waals surface area contributed by atoms with E-state index in [4.69, 9.17) is 9.47 Å². The van der Waals surface area contributed by atoms with Gasteiger partial charge in [0.1, 0.15) is 5.54 Å². The summed E-state index contributed by atoms with van der Waals surface area (Å²) in [6, 6.07) is 0. The lowest BCUT2D eigenvalue weighted by atomic mass is 9.84. The fraction of sp³-hybridized carbons (Fsp3) is 0.929. The van der Waals surface area contributed by atoms with Gasteiger partial charge in [0.2, 0.25) is 0 Å². The van der Waals surface area contributed by atoms with Gasteiger partial charge in [-0.15, -0.1) is 0 Å². The van der Waals surface area contributed by atoms with Crippen molar-refractivity contribution in [1.82, 2.24) is 5.32 Å². The predicted molar refractivity (Wildman–Crippen MR) is 73.3 cm³/mol. The number of likely N-dealkylation sites (N-methyl/N-ethyl adjacent to an activating group) is 1. The van der Waals surface area contributed by atoms with E-state index in [-0.39, 0.29) is 5.92 Å². The molecule has 0 amide bonds. The van der Waals surface area contributed by atoms with Gasteiger partial charge >= 0.3 is 5.97 Å². The summed E-state index contributed by atoms with van der Waals surface area (Å²) in [4.78, 5) is 11.6. The average molecular weight is 273 g/mol. The highest BCUT2D eigenvalue weighted by Crippen LogP contribution is 2.38. The fourth-order valence-corrected chi connectivity index (χ4v) is 2.96. The van der Waals surface area contributed by atoms with Gasteiger partial charge in [-0.05, 0) is 38.6 Å². The minimum absolute atomic E-state index is 0.164. The molecule has 2 N–H and O–H groups in total. The van der Waals surface area contributed by atoms with Crippen molar-refractivity contribution in [3.63, 3.8) is 0 Å². The summed E-state index contributed by atoms with van der Waals surface area (Å²) in [5.74, 6) is -0.553. The van der Waals surface area contributed by atoms with Crippen LogP contribution in [0.5, 0.6) is 0 Å². The monoisotopic (exact) mass is 273 g/mol. The van der Waals surface area contributed by atoms with E-state index in [0.29, 0.717) is 33.0 Å². The van der Waals surface area contributed by atoms with E-state index in [2.05, 4.69) is 5.32 Å². The molecule has 112 valence electrons. The van der Waals surface area contributed by atoms with E-state index in [1.165, 1.54) is 0 Å². The van der Waals surface area contributed by atoms with Crippen molar-refractivity contribution < 1.29 is 19.4 Å². The third-order valence-electron chi connectivity index (χ3n) is 3.88. The zero-order valence-corrected chi connectivity index (χ0v) is 12.1. The lowest BCUT2D eigenvalue weighted by molar-refractivity contribution is -0.147. The number of rotatable bonds is 10. The van der Waals surface area contributed by atoms with Crippen molar-refractivity contribution in [2.24, 2.45) is 5.92 Å². The number of carboxylic acid groups (broad SMARTS) is 1. The second-order valence-corrected chi connectivity index (χ2v) is 4.99. The van der Waals surface area contributed by atoms with E-state index in [0.717, 1.165) is 25.7 Å². The molecule has 0 heterocycles. The highest BCUT2D eigenvalue weighted by atomic mass is 16.5. The molecular weight excluding hydrogens is 246 g/mol. The van der Waals surface area contributed by atoms with Crippen molar-refractivity contribution >= 4 is 5.97 Å². The fourth-order valence-electron chi connectivity index (χ4n) is 2.96. The van der Waals surface area contributed by atoms with Crippen LogP contribution >= 0.6 is 0 Å². The molecule has 0 bridgehead atoms. The van der Waals surface area contributed by atoms with Crippen molar-refractivity contribution in [3.05, 3.63) is 0 Å². The summed E-state index contributed by atoms with van der Waals surface area (Å²) in [5.41, 5.74) is -0.738. The van der Waals surface area contributed by atoms with Crippen LogP contribution in [-0.2, 0) is 14.3 Å². The Balaban J connectivity index is 2.36. The maximum absolute atomic E-state index is 11.6. The Hall–Kier alpha value is -0.650. The Bertz CT molecular complexity index is 272. The van der Waals surface area contributed by atoms with Gasteiger partial charge in [0, 0.05) is 13.2 Å². The van der Waals surface area contributed by atoms with Crippen molar-refractivity contribution in [1.29, 1.82) is 0 Å². The Morgan fingerprint density at radius 2 is 2.05 bits per heavy atom. The van der Waals surface area contributed by atoms with E-state index in [9.17, 15) is 9.90 Å². The zero-order chi connectivity index (χ0) is 14.1. The summed E-state index contributed by atoms with van der Waals surface area (Å²) < 4.78 is 10.7. The molecule has 0 aromatic heterocycles. The van der Waals surface area contributed by atoms with Crippen LogP contribution in [0, 0.1) is 5.92 Å². The first kappa shape index (κ1) is 16.4. The van der Waals surface area contributed by atoms with Gasteiger partial charge in [0.05, 0.1) is 13.2 Å². The summed E-state index contributed by atoms with van der Waals surface area (Å²) >= 11 is 0. The summed E-state index contributed by atoms with van der Waals surface area (Å²) in [7, 11) is 0. The standard InChI is InChI=1S/C14H27NO4/c1-3-15-14(13(16)17)8-5-6-12(14)7-9-19-11-10-18-4-2/h12,15H,3-11H2,1-2H3,(H,16,17). The summed E-state index contributed by atoms with van der Waals surface area (Å²) in [5, 5.41) is 12.7. The lowest BCUT2D eigenvalue weighted by Crippen LogP contribution is -2.54. The molecule has 0 aromatic rings. The van der Waals surface area contributed by atoms with Gasteiger partial charge in [-0.25, -0.2) is 0 Å². The molecule has 1 fully saturated rings. The molecule has 1 aliphatic rings. The normalized spacial score (nSPS) is 26.7. The Labute approximate surface area is 115 Å². The third kappa shape index (κ3) is 4.44. The minimum atomic E-state index is -0.738. The molecule has 0 aliphatic heterocycles. The van der Waals surface area contributed by atoms with Crippen molar-refractivity contribution in [3.8, 4) is 0 Å². The van der Waals surface area contributed by atoms with Crippen LogP contribution in [0.3, 0.4) is 0 Å². The summed E-state index contributed by atoms with van der Waals surface area (Å²) in [6.45, 7) is 7.11. The maximum Gasteiger partial charge on any atom is 0.324 e. The van der Waals surface area contributed by atoms with Gasteiger partial charge in [-0.3, -0.25) is 4.79 Å². The van der Waals surface area contributed by atoms with Crippen LogP contribution in [0.15, 0.2) is 0 Å². The topological polar surface area (TPSA) is 67.8 Å². The molecule has 1 saturated carbocycles. The van der Waals surface area contributed by atoms with Gasteiger partial charge < -0.3 is 19.9 Å². The highest BCUT2D eigenvalue weighted by molar-refractivity contribution is 5.79. The Kier molecular flexibility index (Phi) is 7.34. The largest absolute Gasteiger partial charge is 0.480 e. The minimum Gasteiger partial charge on any atom is -0.480 e. The van der Waals surface area contributed by atoms with E-state index in [1.807, 2.05) is 13.8 Å². The number of hydrogen-bond acceptors (Lipinski definition) is 4. The van der Waals surface area contributed by atoms with Crippen molar-refractivity contribution in [2.45, 2.75) is 45.1 Å². The lowest BCUT2D eigenvalue weighted by Gasteiger charge is -2.32. The second kappa shape index (κ2) is 8.51. The number of aliphatic carboxylic acids is 1. The van der Waals surface area contributed by atoms with Crippen LogP contribution in [0.25, 0.3) is 0 Å². The number of hydrogen-bond donors (Lipinski definition) is 2. The zero-order valence-electron chi connectivity index (χ0n) is 12.1. The molecule has 0 aromatic carbocycles. The van der Waals surface area contributed by atoms with Crippen LogP contribution in [0.4, 0.5) is 0 Å². The molecular formula is C14H27NO4. The van der Waals surface area contributed by atoms with Gasteiger partial charge in [0.25, 0.3) is 0 Å². The first-order valence-corrected chi connectivity index (χ1v) is 7.31. The molecule has 19 heavy (non-hydrogen) atoms. The average Bonchev–Trinajstić information content (AvgIpc) is 2.78. The molecule has 5 heteroatoms. The predicted octanol–water partition coefficient (Wildman–Crippen LogP) is 1.66. The molecule has 0 radical (unpaired) electrons. The number of ether oxygens (including phenoxy) is 2. The maximum atomic E-state index is 11.6. The van der Waals surface area contributed by atoms with Crippen molar-refractivity contribution in [2.75, 3.05) is 33.0 Å². The molecule has 1 aliphatic carbocycles. The Morgan fingerprint density at radius 3 is 2.68 bits per heavy atom. The molecule has 0 saturated heterocycles. The molecule has 2 atom stereocenters. The van der Waals surface area contributed by atoms with Gasteiger partial charge in [0.15, 0.2) is 0 Å². The third-order valence-corrected chi connectivity index (χ3v) is 3.88. The van der Waals surface area contributed by atoms with Gasteiger partial charge in [-0.2, -0.15) is 0 Å². The molecule has 5 nitrogen and oxygen atoms in total. The molecule has 2 unspecified atom stereocenters. The molecule has 0 spiro atoms. The van der Waals surface area contributed by atoms with Gasteiger partial charge in [-0.1, -0.05) is 13.3 Å². The van der Waals surface area contributed by atoms with E-state index in [1.54, 1.807) is 0 Å². The van der Waals surface area contributed by atoms with Crippen LogP contribution in [0.2, 0.25) is 0 Å². The summed E-state index contributed by atoms with van der Waals surface area (Å²) in [6.07, 6.45) is 3.46. The van der Waals surface area contributed by atoms with E-state index < -0.39 is 11.5 Å². The number of nitrogens with one attached hydrogen (secondary N) is 1. The van der Waals surface area contributed by atoms with Crippen LogP contribution < -0.4 is 5.32 Å². The Morgan fingerprint density at radius 1 is 1.32 bits per heavy atom. The first-order valence-electron chi connectivity index (χ1n) is 7.31. The first-order chi connectivity index (χ1) is 9.17. The quantitative estimate of drug-likeness (QED) is 0.593. The SMILES string of the molecule is CCNC1(C(=O)O)CCCC1CCOCCOCC. The second-order valence-electron chi connectivity index (χ2n) is 4.99. The smallest absolute Gasteiger partial charge is 0.324 e. The number of carbonyl (C=O) groups is 1. The van der Waals surface area contributed by atoms with Crippen LogP contribution in [0.1, 0.15) is 39.5 Å². The highest BCUT2D eigenvalue weighted by Gasteiger charge is 2.48. The number of carboxylic acids is 1.